The first-order valence-electron chi connectivity index (χ1n) is 11.7. The SMILES string of the molecule is COc1nc(N[C@@H]2CCN(C(=O)CO)CC2(F)F)nn2cc(F)c(-c3ccc4nnn(C[C@@H](C)F)c4c3)c12. The maximum atomic E-state index is 15.3. The van der Waals surface area contributed by atoms with E-state index in [0.717, 1.165) is 15.6 Å². The van der Waals surface area contributed by atoms with Crippen molar-refractivity contribution < 1.29 is 32.2 Å². The number of hydrogen-bond donors (Lipinski definition) is 2. The van der Waals surface area contributed by atoms with E-state index in [2.05, 4.69) is 25.7 Å². The molecule has 11 nitrogen and oxygen atoms in total. The van der Waals surface area contributed by atoms with E-state index in [9.17, 15) is 18.0 Å². The molecule has 38 heavy (non-hydrogen) atoms. The molecule has 1 saturated heterocycles. The molecule has 202 valence electrons. The summed E-state index contributed by atoms with van der Waals surface area (Å²) in [5.41, 5.74) is 1.65. The van der Waals surface area contributed by atoms with Crippen molar-refractivity contribution in [2.75, 3.05) is 32.1 Å². The lowest BCUT2D eigenvalue weighted by atomic mass is 10.0. The Bertz CT molecular complexity index is 1510. The molecular weight excluding hydrogens is 512 g/mol. The maximum absolute atomic E-state index is 15.3. The minimum absolute atomic E-state index is 0.00340. The Kier molecular flexibility index (Phi) is 6.54. The Balaban J connectivity index is 1.50. The van der Waals surface area contributed by atoms with Gasteiger partial charge in [0.15, 0.2) is 5.82 Å². The number of benzene rings is 1. The molecule has 0 radical (unpaired) electrons. The fourth-order valence-electron chi connectivity index (χ4n) is 4.58. The van der Waals surface area contributed by atoms with Crippen LogP contribution in [0.2, 0.25) is 0 Å². The number of aliphatic hydroxyl groups excluding tert-OH is 1. The molecule has 0 bridgehead atoms. The average molecular weight is 536 g/mol. The summed E-state index contributed by atoms with van der Waals surface area (Å²) in [5, 5.41) is 23.7. The van der Waals surface area contributed by atoms with Gasteiger partial charge in [0.1, 0.15) is 23.8 Å². The number of halogens is 4. The zero-order valence-electron chi connectivity index (χ0n) is 20.4. The van der Waals surface area contributed by atoms with Crippen LogP contribution in [-0.2, 0) is 11.3 Å². The number of hydrogen-bond acceptors (Lipinski definition) is 8. The van der Waals surface area contributed by atoms with Gasteiger partial charge in [-0.25, -0.2) is 26.8 Å². The minimum Gasteiger partial charge on any atom is -0.479 e. The first-order chi connectivity index (χ1) is 18.1. The highest BCUT2D eigenvalue weighted by molar-refractivity contribution is 5.89. The van der Waals surface area contributed by atoms with E-state index in [1.807, 2.05) is 0 Å². The second-order valence-corrected chi connectivity index (χ2v) is 9.07. The van der Waals surface area contributed by atoms with Crippen LogP contribution in [0, 0.1) is 5.82 Å². The summed E-state index contributed by atoms with van der Waals surface area (Å²) in [6.07, 6.45) is -0.235. The molecule has 0 unspecified atom stereocenters. The van der Waals surface area contributed by atoms with Gasteiger partial charge < -0.3 is 20.1 Å². The van der Waals surface area contributed by atoms with Crippen molar-refractivity contribution in [3.05, 3.63) is 30.2 Å². The molecule has 1 aliphatic heterocycles. The third-order valence-corrected chi connectivity index (χ3v) is 6.36. The van der Waals surface area contributed by atoms with Crippen LogP contribution >= 0.6 is 0 Å². The Morgan fingerprint density at radius 3 is 2.84 bits per heavy atom. The zero-order chi connectivity index (χ0) is 27.2. The molecule has 1 aliphatic rings. The second kappa shape index (κ2) is 9.70. The summed E-state index contributed by atoms with van der Waals surface area (Å²) in [5.74, 6) is -5.09. The normalized spacial score (nSPS) is 18.2. The van der Waals surface area contributed by atoms with Gasteiger partial charge in [-0.05, 0) is 31.0 Å². The second-order valence-electron chi connectivity index (χ2n) is 9.07. The minimum atomic E-state index is -3.34. The molecule has 1 fully saturated rings. The molecule has 4 aromatic rings. The molecule has 3 aromatic heterocycles. The summed E-state index contributed by atoms with van der Waals surface area (Å²) in [6, 6.07) is 3.44. The van der Waals surface area contributed by atoms with Gasteiger partial charge in [0, 0.05) is 6.54 Å². The van der Waals surface area contributed by atoms with Gasteiger partial charge in [-0.3, -0.25) is 4.79 Å². The highest BCUT2D eigenvalue weighted by Crippen LogP contribution is 2.36. The molecular formula is C23H24F4N8O3. The Labute approximate surface area is 213 Å². The lowest BCUT2D eigenvalue weighted by molar-refractivity contribution is -0.145. The van der Waals surface area contributed by atoms with E-state index in [-0.39, 0.29) is 42.4 Å². The third-order valence-electron chi connectivity index (χ3n) is 6.36. The summed E-state index contributed by atoms with van der Waals surface area (Å²) >= 11 is 0. The first kappa shape index (κ1) is 25.6. The van der Waals surface area contributed by atoms with Crippen LogP contribution < -0.4 is 10.1 Å². The molecule has 0 saturated carbocycles. The number of carbonyl (C=O) groups is 1. The Hall–Kier alpha value is -4.01. The molecule has 15 heteroatoms. The van der Waals surface area contributed by atoms with E-state index in [4.69, 9.17) is 9.84 Å². The van der Waals surface area contributed by atoms with Crippen molar-refractivity contribution in [3.63, 3.8) is 0 Å². The van der Waals surface area contributed by atoms with E-state index in [1.165, 1.54) is 18.7 Å². The number of anilines is 1. The first-order valence-corrected chi connectivity index (χ1v) is 11.7. The number of fused-ring (bicyclic) bond motifs is 2. The van der Waals surface area contributed by atoms with Crippen molar-refractivity contribution in [3.8, 4) is 17.0 Å². The van der Waals surface area contributed by atoms with E-state index in [1.54, 1.807) is 18.2 Å². The molecule has 0 aliphatic carbocycles. The van der Waals surface area contributed by atoms with Crippen molar-refractivity contribution >= 4 is 28.4 Å². The average Bonchev–Trinajstić information content (AvgIpc) is 3.42. The number of piperidine rings is 1. The number of amides is 1. The number of carbonyl (C=O) groups excluding carboxylic acids is 1. The summed E-state index contributed by atoms with van der Waals surface area (Å²) in [7, 11) is 1.30. The van der Waals surface area contributed by atoms with Crippen LogP contribution in [0.15, 0.2) is 24.4 Å². The van der Waals surface area contributed by atoms with Gasteiger partial charge in [-0.2, -0.15) is 4.98 Å². The molecule has 2 atom stereocenters. The standard InChI is InChI=1S/C23H24F4N8O3/c1-12(24)8-34-16-7-13(3-4-15(16)30-32-34)19-14(25)9-35-20(19)21(38-2)29-22(31-35)28-17-5-6-33(18(37)10-36)11-23(17,26)27/h3-4,7,9,12,17,36H,5-6,8,10-11H2,1-2H3,(H,28,31)/t12-,17-/m1/s1. The number of alkyl halides is 3. The lowest BCUT2D eigenvalue weighted by Gasteiger charge is -2.38. The van der Waals surface area contributed by atoms with E-state index in [0.29, 0.717) is 16.6 Å². The van der Waals surface area contributed by atoms with Crippen LogP contribution in [0.25, 0.3) is 27.7 Å². The van der Waals surface area contributed by atoms with Gasteiger partial charge in [-0.15, -0.1) is 10.2 Å². The van der Waals surface area contributed by atoms with E-state index < -0.39 is 43.0 Å². The predicted octanol–water partition coefficient (Wildman–Crippen LogP) is 2.29. The van der Waals surface area contributed by atoms with Crippen LogP contribution in [0.1, 0.15) is 13.3 Å². The zero-order valence-corrected chi connectivity index (χ0v) is 20.4. The number of methoxy groups -OCH3 is 1. The number of nitrogens with one attached hydrogen (secondary N) is 1. The Morgan fingerprint density at radius 1 is 1.37 bits per heavy atom. The molecule has 4 heterocycles. The highest BCUT2D eigenvalue weighted by atomic mass is 19.3. The van der Waals surface area contributed by atoms with Gasteiger partial charge in [0.05, 0.1) is 43.5 Å². The lowest BCUT2D eigenvalue weighted by Crippen LogP contribution is -2.56. The molecule has 2 N–H and O–H groups in total. The number of likely N-dealkylation sites (tertiary alicyclic amines) is 1. The predicted molar refractivity (Wildman–Crippen MR) is 127 cm³/mol. The molecule has 1 amide bonds. The number of aromatic nitrogens is 6. The van der Waals surface area contributed by atoms with Crippen molar-refractivity contribution in [1.29, 1.82) is 0 Å². The Morgan fingerprint density at radius 2 is 2.16 bits per heavy atom. The summed E-state index contributed by atoms with van der Waals surface area (Å²) in [6.45, 7) is -0.365. The van der Waals surface area contributed by atoms with Crippen molar-refractivity contribution in [1.82, 2.24) is 34.5 Å². The van der Waals surface area contributed by atoms with Gasteiger partial charge in [0.25, 0.3) is 5.92 Å². The molecule has 0 spiro atoms. The number of aliphatic hydroxyl groups is 1. The topological polar surface area (TPSA) is 123 Å². The van der Waals surface area contributed by atoms with Crippen LogP contribution in [0.5, 0.6) is 5.88 Å². The van der Waals surface area contributed by atoms with Crippen molar-refractivity contribution in [2.24, 2.45) is 0 Å². The monoisotopic (exact) mass is 536 g/mol. The maximum Gasteiger partial charge on any atom is 0.285 e. The largest absolute Gasteiger partial charge is 0.479 e. The van der Waals surface area contributed by atoms with E-state index >= 15 is 4.39 Å². The quantitative estimate of drug-likeness (QED) is 0.345. The summed E-state index contributed by atoms with van der Waals surface area (Å²) < 4.78 is 66.3. The van der Waals surface area contributed by atoms with Gasteiger partial charge >= 0.3 is 0 Å². The molecule has 1 aromatic carbocycles. The smallest absolute Gasteiger partial charge is 0.285 e. The van der Waals surface area contributed by atoms with Gasteiger partial charge in [0.2, 0.25) is 17.7 Å². The fourth-order valence-corrected chi connectivity index (χ4v) is 4.58. The van der Waals surface area contributed by atoms with Crippen LogP contribution in [0.4, 0.5) is 23.5 Å². The third kappa shape index (κ3) is 4.57. The number of rotatable bonds is 7. The van der Waals surface area contributed by atoms with Crippen LogP contribution in [-0.4, -0.2) is 90.4 Å². The molecule has 5 rings (SSSR count). The van der Waals surface area contributed by atoms with Gasteiger partial charge in [-0.1, -0.05) is 11.3 Å². The van der Waals surface area contributed by atoms with Crippen molar-refractivity contribution in [2.45, 2.75) is 38.0 Å². The number of ether oxygens (including phenoxy) is 1. The highest BCUT2D eigenvalue weighted by Gasteiger charge is 2.46. The summed E-state index contributed by atoms with van der Waals surface area (Å²) in [4.78, 5) is 16.7. The van der Waals surface area contributed by atoms with Crippen LogP contribution in [0.3, 0.4) is 0 Å². The number of nitrogens with zero attached hydrogens (tertiary/aromatic N) is 7. The fraction of sp³-hybridized carbons (Fsp3) is 0.435.